The minimum atomic E-state index is 0.240. The summed E-state index contributed by atoms with van der Waals surface area (Å²) in [5.74, 6) is 1.20. The van der Waals surface area contributed by atoms with E-state index in [1.165, 1.54) is 12.8 Å². The number of anilines is 2. The second kappa shape index (κ2) is 7.04. The minimum Gasteiger partial charge on any atom is -0.352 e. The first-order valence-electron chi connectivity index (χ1n) is 7.24. The Balaban J connectivity index is 2.03. The van der Waals surface area contributed by atoms with Gasteiger partial charge in [-0.2, -0.15) is 15.0 Å². The molecule has 1 saturated heterocycles. The lowest BCUT2D eigenvalue weighted by atomic mass is 10.2. The van der Waals surface area contributed by atoms with Gasteiger partial charge in [0.25, 0.3) is 0 Å². The number of halogens is 1. The van der Waals surface area contributed by atoms with Crippen LogP contribution in [0.25, 0.3) is 0 Å². The van der Waals surface area contributed by atoms with Crippen molar-refractivity contribution in [3.05, 3.63) is 5.28 Å². The fraction of sp³-hybridized carbons (Fsp3) is 0.769. The Morgan fingerprint density at radius 1 is 1.30 bits per heavy atom. The van der Waals surface area contributed by atoms with Crippen LogP contribution >= 0.6 is 11.6 Å². The van der Waals surface area contributed by atoms with Gasteiger partial charge in [0.1, 0.15) is 0 Å². The van der Waals surface area contributed by atoms with Crippen molar-refractivity contribution in [1.82, 2.24) is 19.9 Å². The molecule has 1 aliphatic heterocycles. The van der Waals surface area contributed by atoms with Gasteiger partial charge in [0.05, 0.1) is 0 Å². The SMILES string of the molecule is CCN(CC)c1nc(Cl)nc(NCC2CCCN2C)n1. The van der Waals surface area contributed by atoms with Crippen LogP contribution in [0, 0.1) is 0 Å². The molecule has 1 aliphatic rings. The van der Waals surface area contributed by atoms with Gasteiger partial charge in [0, 0.05) is 25.7 Å². The molecule has 6 nitrogen and oxygen atoms in total. The molecule has 1 fully saturated rings. The second-order valence-corrected chi connectivity index (χ2v) is 5.40. The first kappa shape index (κ1) is 15.3. The number of nitrogens with zero attached hydrogens (tertiary/aromatic N) is 5. The van der Waals surface area contributed by atoms with Gasteiger partial charge in [-0.3, -0.25) is 0 Å². The lowest BCUT2D eigenvalue weighted by molar-refractivity contribution is 0.322. The summed E-state index contributed by atoms with van der Waals surface area (Å²) in [6.07, 6.45) is 2.47. The highest BCUT2D eigenvalue weighted by Crippen LogP contribution is 2.17. The van der Waals surface area contributed by atoms with E-state index >= 15 is 0 Å². The van der Waals surface area contributed by atoms with Crippen LogP contribution in [0.2, 0.25) is 5.28 Å². The zero-order valence-corrected chi connectivity index (χ0v) is 13.2. The molecule has 0 spiro atoms. The number of rotatable bonds is 6. The van der Waals surface area contributed by atoms with Crippen molar-refractivity contribution < 1.29 is 0 Å². The second-order valence-electron chi connectivity index (χ2n) is 5.06. The van der Waals surface area contributed by atoms with Crippen LogP contribution in [-0.4, -0.2) is 59.1 Å². The molecule has 1 N–H and O–H groups in total. The molecule has 0 bridgehead atoms. The van der Waals surface area contributed by atoms with Crippen LogP contribution in [0.15, 0.2) is 0 Å². The number of hydrogen-bond donors (Lipinski definition) is 1. The molecule has 2 heterocycles. The van der Waals surface area contributed by atoms with Crippen LogP contribution in [0.1, 0.15) is 26.7 Å². The summed E-state index contributed by atoms with van der Waals surface area (Å²) in [5.41, 5.74) is 0. The summed E-state index contributed by atoms with van der Waals surface area (Å²) in [6, 6.07) is 0.544. The zero-order valence-electron chi connectivity index (χ0n) is 12.4. The topological polar surface area (TPSA) is 57.2 Å². The van der Waals surface area contributed by atoms with Gasteiger partial charge < -0.3 is 15.1 Å². The van der Waals surface area contributed by atoms with Crippen molar-refractivity contribution in [1.29, 1.82) is 0 Å². The Morgan fingerprint density at radius 2 is 2.05 bits per heavy atom. The van der Waals surface area contributed by atoms with E-state index in [-0.39, 0.29) is 5.28 Å². The Labute approximate surface area is 125 Å². The maximum Gasteiger partial charge on any atom is 0.231 e. The first-order chi connectivity index (χ1) is 9.63. The molecule has 112 valence electrons. The van der Waals surface area contributed by atoms with Gasteiger partial charge in [-0.1, -0.05) is 0 Å². The van der Waals surface area contributed by atoms with Gasteiger partial charge in [0.15, 0.2) is 0 Å². The summed E-state index contributed by atoms with van der Waals surface area (Å²) in [4.78, 5) is 17.2. The molecule has 1 aromatic rings. The lowest BCUT2D eigenvalue weighted by Gasteiger charge is -2.21. The molecule has 7 heteroatoms. The predicted molar refractivity (Wildman–Crippen MR) is 82.5 cm³/mol. The van der Waals surface area contributed by atoms with Crippen molar-refractivity contribution >= 4 is 23.5 Å². The highest BCUT2D eigenvalue weighted by molar-refractivity contribution is 6.28. The summed E-state index contributed by atoms with van der Waals surface area (Å²) < 4.78 is 0. The predicted octanol–water partition coefficient (Wildman–Crippen LogP) is 1.88. The number of aromatic nitrogens is 3. The van der Waals surface area contributed by atoms with Crippen molar-refractivity contribution in [3.8, 4) is 0 Å². The Morgan fingerprint density at radius 3 is 2.65 bits per heavy atom. The molecule has 0 aromatic carbocycles. The van der Waals surface area contributed by atoms with Crippen molar-refractivity contribution in [2.24, 2.45) is 0 Å². The normalized spacial score (nSPS) is 19.3. The van der Waals surface area contributed by atoms with Gasteiger partial charge >= 0.3 is 0 Å². The monoisotopic (exact) mass is 298 g/mol. The van der Waals surface area contributed by atoms with Crippen molar-refractivity contribution in [3.63, 3.8) is 0 Å². The third-order valence-electron chi connectivity index (χ3n) is 3.81. The van der Waals surface area contributed by atoms with Gasteiger partial charge in [-0.05, 0) is 51.9 Å². The van der Waals surface area contributed by atoms with E-state index in [9.17, 15) is 0 Å². The molecule has 1 atom stereocenters. The number of likely N-dealkylation sites (tertiary alicyclic amines) is 1. The quantitative estimate of drug-likeness (QED) is 0.865. The maximum absolute atomic E-state index is 5.99. The number of likely N-dealkylation sites (N-methyl/N-ethyl adjacent to an activating group) is 1. The average molecular weight is 299 g/mol. The summed E-state index contributed by atoms with van der Waals surface area (Å²) in [6.45, 7) is 7.84. The third-order valence-corrected chi connectivity index (χ3v) is 3.98. The lowest BCUT2D eigenvalue weighted by Crippen LogP contribution is -2.32. The highest BCUT2D eigenvalue weighted by atomic mass is 35.5. The molecule has 0 amide bonds. The number of hydrogen-bond acceptors (Lipinski definition) is 6. The van der Waals surface area contributed by atoms with Gasteiger partial charge in [-0.15, -0.1) is 0 Å². The standard InChI is InChI=1S/C13H23ClN6/c1-4-20(5-2)13-17-11(14)16-12(18-13)15-9-10-7-6-8-19(10)3/h10H,4-9H2,1-3H3,(H,15,16,17,18). The van der Waals surface area contributed by atoms with Crippen LogP contribution < -0.4 is 10.2 Å². The highest BCUT2D eigenvalue weighted by Gasteiger charge is 2.21. The van der Waals surface area contributed by atoms with Crippen LogP contribution in [-0.2, 0) is 0 Å². The van der Waals surface area contributed by atoms with E-state index in [1.807, 2.05) is 0 Å². The van der Waals surface area contributed by atoms with E-state index in [4.69, 9.17) is 11.6 Å². The third kappa shape index (κ3) is 3.70. The summed E-state index contributed by atoms with van der Waals surface area (Å²) in [5, 5.41) is 3.53. The molecule has 2 rings (SSSR count). The zero-order chi connectivity index (χ0) is 14.5. The molecule has 1 aromatic heterocycles. The fourth-order valence-corrected chi connectivity index (χ4v) is 2.67. The van der Waals surface area contributed by atoms with Crippen LogP contribution in [0.3, 0.4) is 0 Å². The van der Waals surface area contributed by atoms with Crippen molar-refractivity contribution in [2.45, 2.75) is 32.7 Å². The molecular weight excluding hydrogens is 276 g/mol. The largest absolute Gasteiger partial charge is 0.352 e. The molecule has 0 radical (unpaired) electrons. The Kier molecular flexibility index (Phi) is 5.37. The smallest absolute Gasteiger partial charge is 0.231 e. The van der Waals surface area contributed by atoms with E-state index in [2.05, 4.69) is 51.0 Å². The summed E-state index contributed by atoms with van der Waals surface area (Å²) >= 11 is 5.99. The summed E-state index contributed by atoms with van der Waals surface area (Å²) in [7, 11) is 2.15. The molecule has 0 aliphatic carbocycles. The average Bonchev–Trinajstić information content (AvgIpc) is 2.83. The fourth-order valence-electron chi connectivity index (χ4n) is 2.51. The molecular formula is C13H23ClN6. The van der Waals surface area contributed by atoms with E-state index < -0.39 is 0 Å². The van der Waals surface area contributed by atoms with E-state index in [1.54, 1.807) is 0 Å². The molecule has 20 heavy (non-hydrogen) atoms. The minimum absolute atomic E-state index is 0.240. The first-order valence-corrected chi connectivity index (χ1v) is 7.62. The molecule has 1 unspecified atom stereocenters. The van der Waals surface area contributed by atoms with Crippen LogP contribution in [0.4, 0.5) is 11.9 Å². The van der Waals surface area contributed by atoms with Gasteiger partial charge in [0.2, 0.25) is 17.2 Å². The van der Waals surface area contributed by atoms with Crippen LogP contribution in [0.5, 0.6) is 0 Å². The maximum atomic E-state index is 5.99. The van der Waals surface area contributed by atoms with Crippen molar-refractivity contribution in [2.75, 3.05) is 43.4 Å². The number of nitrogens with one attached hydrogen (secondary N) is 1. The Bertz CT molecular complexity index is 437. The van der Waals surface area contributed by atoms with E-state index in [0.29, 0.717) is 17.9 Å². The van der Waals surface area contributed by atoms with E-state index in [0.717, 1.165) is 26.2 Å². The van der Waals surface area contributed by atoms with Gasteiger partial charge in [-0.25, -0.2) is 0 Å². The Hall–Kier alpha value is -1.14. The molecule has 0 saturated carbocycles.